The van der Waals surface area contributed by atoms with Crippen LogP contribution in [0.25, 0.3) is 0 Å². The van der Waals surface area contributed by atoms with Crippen LogP contribution in [0.3, 0.4) is 0 Å². The van der Waals surface area contributed by atoms with Crippen molar-refractivity contribution >= 4 is 9.84 Å². The molecule has 0 bridgehead atoms. The molecule has 0 aliphatic carbocycles. The SMILES string of the molecule is O=S(=O)(/C=C/C(O)(O)C(F)(F)F)c1ccccc1. The van der Waals surface area contributed by atoms with E-state index in [0.29, 0.717) is 0 Å². The van der Waals surface area contributed by atoms with Crippen LogP contribution < -0.4 is 0 Å². The highest BCUT2D eigenvalue weighted by atomic mass is 32.2. The third-order valence-electron chi connectivity index (χ3n) is 1.97. The predicted octanol–water partition coefficient (Wildman–Crippen LogP) is 1.22. The molecular formula is C10H9F3O4S. The van der Waals surface area contributed by atoms with E-state index in [0.717, 1.165) is 0 Å². The van der Waals surface area contributed by atoms with Crippen molar-refractivity contribution in [2.24, 2.45) is 0 Å². The van der Waals surface area contributed by atoms with Crippen molar-refractivity contribution in [1.29, 1.82) is 0 Å². The van der Waals surface area contributed by atoms with Gasteiger partial charge in [-0.05, 0) is 18.2 Å². The molecule has 0 unspecified atom stereocenters. The minimum atomic E-state index is -5.38. The first-order valence-corrected chi connectivity index (χ1v) is 6.12. The first-order chi connectivity index (χ1) is 8.06. The van der Waals surface area contributed by atoms with Gasteiger partial charge >= 0.3 is 6.18 Å². The lowest BCUT2D eigenvalue weighted by Gasteiger charge is -2.20. The van der Waals surface area contributed by atoms with E-state index in [9.17, 15) is 21.6 Å². The van der Waals surface area contributed by atoms with E-state index < -0.39 is 21.8 Å². The standard InChI is InChI=1S/C10H9F3O4S/c11-10(12,13)9(14,15)6-7-18(16,17)8-4-2-1-3-5-8/h1-7,14-15H/b7-6+. The lowest BCUT2D eigenvalue weighted by Crippen LogP contribution is -2.43. The van der Waals surface area contributed by atoms with Gasteiger partial charge in [-0.3, -0.25) is 0 Å². The molecule has 1 aromatic carbocycles. The third-order valence-corrected chi connectivity index (χ3v) is 3.39. The number of sulfone groups is 1. The topological polar surface area (TPSA) is 74.6 Å². The molecule has 0 atom stereocenters. The minimum Gasteiger partial charge on any atom is -0.355 e. The second-order valence-corrected chi connectivity index (χ2v) is 5.22. The molecule has 0 spiro atoms. The number of benzene rings is 1. The van der Waals surface area contributed by atoms with Crippen molar-refractivity contribution in [1.82, 2.24) is 0 Å². The number of hydrogen-bond donors (Lipinski definition) is 2. The summed E-state index contributed by atoms with van der Waals surface area (Å²) >= 11 is 0. The number of hydrogen-bond acceptors (Lipinski definition) is 4. The predicted molar refractivity (Wildman–Crippen MR) is 56.0 cm³/mol. The Kier molecular flexibility index (Phi) is 3.84. The molecule has 0 aromatic heterocycles. The molecule has 1 aromatic rings. The molecule has 0 aliphatic heterocycles. The van der Waals surface area contributed by atoms with Crippen molar-refractivity contribution in [2.45, 2.75) is 16.9 Å². The fraction of sp³-hybridized carbons (Fsp3) is 0.200. The monoisotopic (exact) mass is 282 g/mol. The molecule has 18 heavy (non-hydrogen) atoms. The van der Waals surface area contributed by atoms with Crippen LogP contribution in [0.2, 0.25) is 0 Å². The van der Waals surface area contributed by atoms with Crippen LogP contribution in [-0.2, 0) is 9.84 Å². The molecule has 4 nitrogen and oxygen atoms in total. The van der Waals surface area contributed by atoms with Gasteiger partial charge in [0.15, 0.2) is 9.84 Å². The zero-order valence-corrected chi connectivity index (χ0v) is 9.61. The van der Waals surface area contributed by atoms with Crippen molar-refractivity contribution in [3.63, 3.8) is 0 Å². The van der Waals surface area contributed by atoms with E-state index in [1.165, 1.54) is 30.3 Å². The minimum absolute atomic E-state index is 0.107. The molecule has 0 heterocycles. The molecule has 0 amide bonds. The van der Waals surface area contributed by atoms with Crippen molar-refractivity contribution in [3.8, 4) is 0 Å². The van der Waals surface area contributed by atoms with E-state index in [-0.39, 0.29) is 16.4 Å². The average molecular weight is 282 g/mol. The van der Waals surface area contributed by atoms with Gasteiger partial charge in [-0.15, -0.1) is 0 Å². The second-order valence-electron chi connectivity index (χ2n) is 3.38. The van der Waals surface area contributed by atoms with Crippen LogP contribution in [-0.4, -0.2) is 30.6 Å². The largest absolute Gasteiger partial charge is 0.447 e. The van der Waals surface area contributed by atoms with Crippen molar-refractivity contribution in [2.75, 3.05) is 0 Å². The number of aliphatic hydroxyl groups is 2. The Morgan fingerprint density at radius 1 is 1.06 bits per heavy atom. The molecule has 0 aliphatic rings. The average Bonchev–Trinajstić information content (AvgIpc) is 2.26. The molecule has 8 heteroatoms. The summed E-state index contributed by atoms with van der Waals surface area (Å²) in [5.74, 6) is -4.19. The summed E-state index contributed by atoms with van der Waals surface area (Å²) in [5.41, 5.74) is 0. The Labute approximate surface area is 101 Å². The Morgan fingerprint density at radius 3 is 2.00 bits per heavy atom. The van der Waals surface area contributed by atoms with E-state index in [1.807, 2.05) is 0 Å². The smallest absolute Gasteiger partial charge is 0.355 e. The van der Waals surface area contributed by atoms with Gasteiger partial charge in [-0.1, -0.05) is 18.2 Å². The molecule has 0 saturated heterocycles. The first-order valence-electron chi connectivity index (χ1n) is 4.57. The summed E-state index contributed by atoms with van der Waals surface area (Å²) in [6.45, 7) is 0. The summed E-state index contributed by atoms with van der Waals surface area (Å²) in [5, 5.41) is 17.4. The van der Waals surface area contributed by atoms with Crippen LogP contribution in [0, 0.1) is 0 Å². The number of halogens is 3. The second kappa shape index (κ2) is 4.71. The van der Waals surface area contributed by atoms with Crippen LogP contribution in [0.15, 0.2) is 46.7 Å². The van der Waals surface area contributed by atoms with Gasteiger partial charge in [-0.2, -0.15) is 13.2 Å². The summed E-state index contributed by atoms with van der Waals surface area (Å²) in [7, 11) is -4.15. The maximum absolute atomic E-state index is 12.1. The quantitative estimate of drug-likeness (QED) is 0.817. The lowest BCUT2D eigenvalue weighted by atomic mass is 10.3. The molecule has 0 radical (unpaired) electrons. The number of alkyl halides is 3. The molecular weight excluding hydrogens is 273 g/mol. The van der Waals surface area contributed by atoms with Crippen molar-refractivity contribution < 1.29 is 31.8 Å². The summed E-state index contributed by atoms with van der Waals surface area (Å²) < 4.78 is 59.3. The van der Waals surface area contributed by atoms with Crippen LogP contribution in [0.4, 0.5) is 13.2 Å². The van der Waals surface area contributed by atoms with E-state index >= 15 is 0 Å². The van der Waals surface area contributed by atoms with Crippen molar-refractivity contribution in [3.05, 3.63) is 41.8 Å². The van der Waals surface area contributed by atoms with Crippen LogP contribution in [0.5, 0.6) is 0 Å². The highest BCUT2D eigenvalue weighted by Crippen LogP contribution is 2.29. The highest BCUT2D eigenvalue weighted by Gasteiger charge is 2.51. The fourth-order valence-corrected chi connectivity index (χ4v) is 2.03. The highest BCUT2D eigenvalue weighted by molar-refractivity contribution is 7.94. The molecule has 0 fully saturated rings. The van der Waals surface area contributed by atoms with E-state index in [1.54, 1.807) is 0 Å². The van der Waals surface area contributed by atoms with Crippen LogP contribution in [0.1, 0.15) is 0 Å². The van der Waals surface area contributed by atoms with E-state index in [2.05, 4.69) is 0 Å². The summed E-state index contributed by atoms with van der Waals surface area (Å²) in [6.07, 6.45) is -5.61. The Balaban J connectivity index is 3.06. The summed E-state index contributed by atoms with van der Waals surface area (Å²) in [4.78, 5) is -0.251. The van der Waals surface area contributed by atoms with Crippen LogP contribution >= 0.6 is 0 Å². The van der Waals surface area contributed by atoms with Gasteiger partial charge in [-0.25, -0.2) is 8.42 Å². The normalized spacial score (nSPS) is 14.1. The van der Waals surface area contributed by atoms with Gasteiger partial charge in [0.1, 0.15) is 0 Å². The summed E-state index contributed by atoms with van der Waals surface area (Å²) in [6, 6.07) is 6.64. The Morgan fingerprint density at radius 2 is 1.56 bits per heavy atom. The van der Waals surface area contributed by atoms with Gasteiger partial charge < -0.3 is 10.2 Å². The molecule has 100 valence electrons. The van der Waals surface area contributed by atoms with Gasteiger partial charge in [0.2, 0.25) is 0 Å². The maximum atomic E-state index is 12.1. The van der Waals surface area contributed by atoms with Gasteiger partial charge in [0, 0.05) is 5.41 Å². The maximum Gasteiger partial charge on any atom is 0.447 e. The molecule has 2 N–H and O–H groups in total. The Hall–Kier alpha value is -1.38. The zero-order chi connectivity index (χ0) is 14.0. The van der Waals surface area contributed by atoms with Gasteiger partial charge in [0.05, 0.1) is 4.90 Å². The van der Waals surface area contributed by atoms with Gasteiger partial charge in [0.25, 0.3) is 5.79 Å². The fourth-order valence-electron chi connectivity index (χ4n) is 0.968. The molecule has 0 saturated carbocycles. The Bertz CT molecular complexity index is 532. The first kappa shape index (κ1) is 14.7. The molecule has 1 rings (SSSR count). The third kappa shape index (κ3) is 3.31. The number of rotatable bonds is 3. The van der Waals surface area contributed by atoms with E-state index in [4.69, 9.17) is 10.2 Å². The zero-order valence-electron chi connectivity index (χ0n) is 8.79. The lowest BCUT2D eigenvalue weighted by molar-refractivity contribution is -0.323.